The van der Waals surface area contributed by atoms with Crippen molar-refractivity contribution in [2.75, 3.05) is 7.05 Å². The largest absolute Gasteiger partial charge is 0.452 e. The lowest BCUT2D eigenvalue weighted by Crippen LogP contribution is -2.24. The van der Waals surface area contributed by atoms with E-state index in [1.165, 1.54) is 4.90 Å². The summed E-state index contributed by atoms with van der Waals surface area (Å²) in [5.74, 6) is 2.36. The molecule has 0 aliphatic rings. The van der Waals surface area contributed by atoms with Gasteiger partial charge in [-0.2, -0.15) is 0 Å². The Kier molecular flexibility index (Phi) is 3.15. The number of carbonyl (C=O) groups excluding carboxylic acids is 1. The van der Waals surface area contributed by atoms with E-state index in [0.717, 1.165) is 0 Å². The van der Waals surface area contributed by atoms with Crippen LogP contribution in [0.4, 0.5) is 0 Å². The van der Waals surface area contributed by atoms with Crippen molar-refractivity contribution in [2.45, 2.75) is 6.54 Å². The molecular formula is C9H8BrNO2. The molecule has 1 aromatic rings. The van der Waals surface area contributed by atoms with Crippen molar-refractivity contribution in [1.29, 1.82) is 0 Å². The van der Waals surface area contributed by atoms with Gasteiger partial charge in [0.1, 0.15) is 5.76 Å². The third kappa shape index (κ3) is 2.63. The number of rotatable bonds is 2. The van der Waals surface area contributed by atoms with E-state index in [4.69, 9.17) is 10.8 Å². The minimum atomic E-state index is -0.354. The molecule has 0 unspecified atom stereocenters. The van der Waals surface area contributed by atoms with Crippen LogP contribution in [-0.4, -0.2) is 17.9 Å². The fourth-order valence-corrected chi connectivity index (χ4v) is 1.19. The average Bonchev–Trinajstić information content (AvgIpc) is 2.49. The van der Waals surface area contributed by atoms with E-state index in [1.54, 1.807) is 19.2 Å². The normalized spacial score (nSPS) is 9.31. The molecule has 1 rings (SSSR count). The number of hydrogen-bond acceptors (Lipinski definition) is 2. The Morgan fingerprint density at radius 3 is 2.92 bits per heavy atom. The molecule has 0 fully saturated rings. The molecule has 0 bridgehead atoms. The molecule has 0 N–H and O–H groups in total. The van der Waals surface area contributed by atoms with Crippen LogP contribution in [0.1, 0.15) is 5.76 Å². The highest BCUT2D eigenvalue weighted by atomic mass is 79.9. The average molecular weight is 242 g/mol. The van der Waals surface area contributed by atoms with E-state index in [2.05, 4.69) is 15.9 Å². The molecule has 3 nitrogen and oxygen atoms in total. The monoisotopic (exact) mass is 241 g/mol. The van der Waals surface area contributed by atoms with Crippen molar-refractivity contribution >= 4 is 21.8 Å². The predicted octanol–water partition coefficient (Wildman–Crippen LogP) is 1.63. The SMILES string of the molecule is C#CC(=O)N(C)Cc1ccc(Br)o1. The summed E-state index contributed by atoms with van der Waals surface area (Å²) in [6.07, 6.45) is 4.95. The highest BCUT2D eigenvalue weighted by molar-refractivity contribution is 9.10. The fourth-order valence-electron chi connectivity index (χ4n) is 0.852. The first-order valence-electron chi connectivity index (χ1n) is 3.59. The molecule has 0 aliphatic carbocycles. The molecule has 4 heteroatoms. The zero-order valence-corrected chi connectivity index (χ0v) is 8.67. The quantitative estimate of drug-likeness (QED) is 0.738. The van der Waals surface area contributed by atoms with Crippen molar-refractivity contribution in [3.63, 3.8) is 0 Å². The summed E-state index contributed by atoms with van der Waals surface area (Å²) in [7, 11) is 1.62. The maximum absolute atomic E-state index is 11.0. The van der Waals surface area contributed by atoms with Gasteiger partial charge in [-0.1, -0.05) is 0 Å². The van der Waals surface area contributed by atoms with Crippen LogP contribution in [0, 0.1) is 12.3 Å². The van der Waals surface area contributed by atoms with Crippen LogP contribution in [0.15, 0.2) is 21.2 Å². The third-order valence-corrected chi connectivity index (χ3v) is 1.92. The van der Waals surface area contributed by atoms with Crippen LogP contribution in [-0.2, 0) is 11.3 Å². The van der Waals surface area contributed by atoms with E-state index in [9.17, 15) is 4.79 Å². The van der Waals surface area contributed by atoms with E-state index in [1.807, 2.05) is 5.92 Å². The molecule has 0 spiro atoms. The van der Waals surface area contributed by atoms with Crippen molar-refractivity contribution in [3.05, 3.63) is 22.6 Å². The Labute approximate surface area is 84.8 Å². The second-order valence-corrected chi connectivity index (χ2v) is 3.29. The van der Waals surface area contributed by atoms with Crippen LogP contribution in [0.25, 0.3) is 0 Å². The van der Waals surface area contributed by atoms with E-state index < -0.39 is 0 Å². The second-order valence-electron chi connectivity index (χ2n) is 2.51. The molecular weight excluding hydrogens is 234 g/mol. The molecule has 0 aromatic carbocycles. The van der Waals surface area contributed by atoms with Crippen molar-refractivity contribution in [3.8, 4) is 12.3 Å². The van der Waals surface area contributed by atoms with Crippen LogP contribution in [0.2, 0.25) is 0 Å². The molecule has 0 radical (unpaired) electrons. The summed E-state index contributed by atoms with van der Waals surface area (Å²) in [6, 6.07) is 3.55. The van der Waals surface area contributed by atoms with Gasteiger partial charge in [0.05, 0.1) is 6.54 Å². The van der Waals surface area contributed by atoms with Crippen molar-refractivity contribution in [2.24, 2.45) is 0 Å². The van der Waals surface area contributed by atoms with E-state index in [-0.39, 0.29) is 5.91 Å². The van der Waals surface area contributed by atoms with Crippen LogP contribution < -0.4 is 0 Å². The van der Waals surface area contributed by atoms with Gasteiger partial charge in [0.25, 0.3) is 5.91 Å². The molecule has 0 atom stereocenters. The van der Waals surface area contributed by atoms with Crippen LogP contribution in [0.5, 0.6) is 0 Å². The van der Waals surface area contributed by atoms with E-state index >= 15 is 0 Å². The van der Waals surface area contributed by atoms with Gasteiger partial charge in [-0.3, -0.25) is 4.79 Å². The third-order valence-electron chi connectivity index (χ3n) is 1.49. The zero-order valence-electron chi connectivity index (χ0n) is 7.08. The lowest BCUT2D eigenvalue weighted by Gasteiger charge is -2.10. The first-order valence-corrected chi connectivity index (χ1v) is 4.38. The fraction of sp³-hybridized carbons (Fsp3) is 0.222. The molecule has 1 amide bonds. The molecule has 13 heavy (non-hydrogen) atoms. The number of hydrogen-bond donors (Lipinski definition) is 0. The summed E-state index contributed by atoms with van der Waals surface area (Å²) in [5, 5.41) is 0. The number of halogens is 1. The van der Waals surface area contributed by atoms with Crippen molar-refractivity contribution < 1.29 is 9.21 Å². The Morgan fingerprint density at radius 2 is 2.46 bits per heavy atom. The first-order chi connectivity index (χ1) is 6.13. The summed E-state index contributed by atoms with van der Waals surface area (Å²) < 4.78 is 5.85. The minimum absolute atomic E-state index is 0.354. The number of furan rings is 1. The number of amides is 1. The maximum Gasteiger partial charge on any atom is 0.298 e. The Bertz CT molecular complexity index is 351. The molecule has 68 valence electrons. The van der Waals surface area contributed by atoms with Gasteiger partial charge in [-0.05, 0) is 34.0 Å². The Morgan fingerprint density at radius 1 is 1.77 bits per heavy atom. The lowest BCUT2D eigenvalue weighted by atomic mass is 10.4. The predicted molar refractivity (Wildman–Crippen MR) is 51.7 cm³/mol. The van der Waals surface area contributed by atoms with Gasteiger partial charge in [0.2, 0.25) is 0 Å². The molecule has 1 aromatic heterocycles. The van der Waals surface area contributed by atoms with Gasteiger partial charge >= 0.3 is 0 Å². The number of terminal acetylenes is 1. The molecule has 0 saturated heterocycles. The standard InChI is InChI=1S/C9H8BrNO2/c1-3-9(12)11(2)6-7-4-5-8(10)13-7/h1,4-5H,6H2,2H3. The van der Waals surface area contributed by atoms with Gasteiger partial charge in [-0.15, -0.1) is 6.42 Å². The van der Waals surface area contributed by atoms with Crippen molar-refractivity contribution in [1.82, 2.24) is 4.90 Å². The number of carbonyl (C=O) groups is 1. The molecule has 0 saturated carbocycles. The molecule has 0 aliphatic heterocycles. The van der Waals surface area contributed by atoms with Crippen LogP contribution >= 0.6 is 15.9 Å². The Hall–Kier alpha value is -1.21. The van der Waals surface area contributed by atoms with Gasteiger partial charge in [0, 0.05) is 7.05 Å². The summed E-state index contributed by atoms with van der Waals surface area (Å²) in [4.78, 5) is 12.4. The lowest BCUT2D eigenvalue weighted by molar-refractivity contribution is -0.124. The highest BCUT2D eigenvalue weighted by Crippen LogP contribution is 2.15. The summed E-state index contributed by atoms with van der Waals surface area (Å²) in [6.45, 7) is 0.384. The second kappa shape index (κ2) is 4.15. The zero-order chi connectivity index (χ0) is 9.84. The van der Waals surface area contributed by atoms with Crippen LogP contribution in [0.3, 0.4) is 0 Å². The smallest absolute Gasteiger partial charge is 0.298 e. The number of nitrogens with zero attached hydrogens (tertiary/aromatic N) is 1. The Balaban J connectivity index is 2.60. The van der Waals surface area contributed by atoms with E-state index in [0.29, 0.717) is 17.0 Å². The van der Waals surface area contributed by atoms with Gasteiger partial charge in [0.15, 0.2) is 4.67 Å². The summed E-state index contributed by atoms with van der Waals surface area (Å²) in [5.41, 5.74) is 0. The molecule has 1 heterocycles. The van der Waals surface area contributed by atoms with Gasteiger partial charge < -0.3 is 9.32 Å². The topological polar surface area (TPSA) is 33.5 Å². The first kappa shape index (κ1) is 9.87. The van der Waals surface area contributed by atoms with Gasteiger partial charge in [-0.25, -0.2) is 0 Å². The minimum Gasteiger partial charge on any atom is -0.452 e. The summed E-state index contributed by atoms with van der Waals surface area (Å²) >= 11 is 3.17. The highest BCUT2D eigenvalue weighted by Gasteiger charge is 2.07. The maximum atomic E-state index is 11.0.